The number of aromatic nitrogens is 1. The molecule has 30 heavy (non-hydrogen) atoms. The highest BCUT2D eigenvalue weighted by Crippen LogP contribution is 2.46. The van der Waals surface area contributed by atoms with Crippen molar-refractivity contribution in [1.29, 1.82) is 0 Å². The smallest absolute Gasteiger partial charge is 0.145 e. The lowest BCUT2D eigenvalue weighted by Gasteiger charge is -2.35. The molecule has 0 N–H and O–H groups in total. The molecular formula is C24H23Cl2NO3. The maximum absolute atomic E-state index is 6.42. The Morgan fingerprint density at radius 1 is 0.867 bits per heavy atom. The number of nitrogens with zero attached hydrogens (tertiary/aromatic N) is 1. The van der Waals surface area contributed by atoms with Gasteiger partial charge < -0.3 is 14.0 Å². The third-order valence-corrected chi connectivity index (χ3v) is 6.44. The van der Waals surface area contributed by atoms with Crippen molar-refractivity contribution in [2.45, 2.75) is 57.0 Å². The molecule has 2 fully saturated rings. The van der Waals surface area contributed by atoms with E-state index in [2.05, 4.69) is 17.3 Å². The van der Waals surface area contributed by atoms with Gasteiger partial charge in [-0.15, -0.1) is 0 Å². The minimum Gasteiger partial charge on any atom is -0.373 e. The van der Waals surface area contributed by atoms with E-state index in [0.29, 0.717) is 40.4 Å². The summed E-state index contributed by atoms with van der Waals surface area (Å²) in [7, 11) is 0. The Bertz CT molecular complexity index is 990. The second-order valence-electron chi connectivity index (χ2n) is 8.07. The number of halogens is 2. The predicted octanol–water partition coefficient (Wildman–Crippen LogP) is 6.79. The Morgan fingerprint density at radius 2 is 1.53 bits per heavy atom. The largest absolute Gasteiger partial charge is 0.373 e. The van der Waals surface area contributed by atoms with Crippen molar-refractivity contribution in [2.75, 3.05) is 0 Å². The minimum atomic E-state index is 0.183. The van der Waals surface area contributed by atoms with E-state index >= 15 is 0 Å². The Balaban J connectivity index is 1.22. The molecule has 0 spiro atoms. The molecule has 156 valence electrons. The molecule has 0 saturated heterocycles. The standard InChI is InChI=1S/C24H23Cl2NO3/c25-20-7-4-8-21(26)22(20)23-19(24(30-27-23)16-9-10-16)14-29-18-11-17(12-18)28-13-15-5-2-1-3-6-15/h1-8,16-18H,9-14H2. The van der Waals surface area contributed by atoms with Gasteiger partial charge in [-0.25, -0.2) is 0 Å². The topological polar surface area (TPSA) is 44.5 Å². The summed E-state index contributed by atoms with van der Waals surface area (Å²) in [6.07, 6.45) is 4.48. The zero-order valence-corrected chi connectivity index (χ0v) is 18.0. The lowest BCUT2D eigenvalue weighted by atomic mass is 9.91. The van der Waals surface area contributed by atoms with E-state index < -0.39 is 0 Å². The molecule has 4 nitrogen and oxygen atoms in total. The highest BCUT2D eigenvalue weighted by Gasteiger charge is 2.35. The fraction of sp³-hybridized carbons (Fsp3) is 0.375. The minimum absolute atomic E-state index is 0.183. The third-order valence-electron chi connectivity index (χ3n) is 5.81. The van der Waals surface area contributed by atoms with Crippen LogP contribution in [0.2, 0.25) is 10.0 Å². The molecule has 5 rings (SSSR count). The Kier molecular flexibility index (Phi) is 5.83. The fourth-order valence-electron chi connectivity index (χ4n) is 3.83. The van der Waals surface area contributed by atoms with Crippen LogP contribution < -0.4 is 0 Å². The van der Waals surface area contributed by atoms with E-state index in [-0.39, 0.29) is 12.2 Å². The normalized spacial score (nSPS) is 20.9. The molecule has 2 aliphatic rings. The molecule has 1 heterocycles. The Morgan fingerprint density at radius 3 is 2.20 bits per heavy atom. The summed E-state index contributed by atoms with van der Waals surface area (Å²) in [6.45, 7) is 1.09. The van der Waals surface area contributed by atoms with Gasteiger partial charge in [0.2, 0.25) is 0 Å². The summed E-state index contributed by atoms with van der Waals surface area (Å²) in [4.78, 5) is 0. The maximum Gasteiger partial charge on any atom is 0.145 e. The zero-order valence-electron chi connectivity index (χ0n) is 16.5. The first kappa shape index (κ1) is 20.1. The maximum atomic E-state index is 6.42. The van der Waals surface area contributed by atoms with Gasteiger partial charge in [-0.3, -0.25) is 0 Å². The zero-order chi connectivity index (χ0) is 20.5. The number of hydrogen-bond acceptors (Lipinski definition) is 4. The summed E-state index contributed by atoms with van der Waals surface area (Å²) in [5.74, 6) is 1.34. The average molecular weight is 444 g/mol. The van der Waals surface area contributed by atoms with Crippen LogP contribution in [0.4, 0.5) is 0 Å². The van der Waals surface area contributed by atoms with Crippen LogP contribution in [-0.4, -0.2) is 17.4 Å². The number of rotatable bonds is 8. The van der Waals surface area contributed by atoms with Crippen molar-refractivity contribution in [1.82, 2.24) is 5.16 Å². The summed E-state index contributed by atoms with van der Waals surface area (Å²) in [5.41, 5.74) is 3.58. The van der Waals surface area contributed by atoms with E-state index in [1.165, 1.54) is 5.56 Å². The molecule has 0 aliphatic heterocycles. The van der Waals surface area contributed by atoms with Crippen molar-refractivity contribution in [3.05, 3.63) is 75.5 Å². The molecule has 3 aromatic rings. The first-order valence-corrected chi connectivity index (χ1v) is 11.1. The molecule has 6 heteroatoms. The van der Waals surface area contributed by atoms with Gasteiger partial charge in [-0.1, -0.05) is 64.8 Å². The van der Waals surface area contributed by atoms with E-state index in [9.17, 15) is 0 Å². The molecule has 0 unspecified atom stereocenters. The molecule has 2 aromatic carbocycles. The van der Waals surface area contributed by atoms with E-state index in [4.69, 9.17) is 37.2 Å². The summed E-state index contributed by atoms with van der Waals surface area (Å²) >= 11 is 12.8. The van der Waals surface area contributed by atoms with Gasteiger partial charge in [-0.05, 0) is 43.4 Å². The molecule has 2 saturated carbocycles. The van der Waals surface area contributed by atoms with Crippen LogP contribution in [0.25, 0.3) is 11.3 Å². The van der Waals surface area contributed by atoms with Gasteiger partial charge in [0, 0.05) is 17.0 Å². The van der Waals surface area contributed by atoms with Crippen LogP contribution in [0, 0.1) is 0 Å². The SMILES string of the molecule is Clc1cccc(Cl)c1-c1noc(C2CC2)c1COC1CC(OCc2ccccc2)C1. The van der Waals surface area contributed by atoms with E-state index in [1.54, 1.807) is 0 Å². The van der Waals surface area contributed by atoms with Crippen LogP contribution in [0.5, 0.6) is 0 Å². The summed E-state index contributed by atoms with van der Waals surface area (Å²) in [5, 5.41) is 5.45. The molecule has 0 radical (unpaired) electrons. The lowest BCUT2D eigenvalue weighted by Crippen LogP contribution is -2.37. The van der Waals surface area contributed by atoms with E-state index in [1.807, 2.05) is 36.4 Å². The Labute approximate surface area is 186 Å². The Hall–Kier alpha value is -1.85. The molecule has 0 bridgehead atoms. The van der Waals surface area contributed by atoms with Crippen LogP contribution >= 0.6 is 23.2 Å². The van der Waals surface area contributed by atoms with Crippen molar-refractivity contribution >= 4 is 23.2 Å². The lowest BCUT2D eigenvalue weighted by molar-refractivity contribution is -0.112. The highest BCUT2D eigenvalue weighted by atomic mass is 35.5. The molecule has 0 atom stereocenters. The van der Waals surface area contributed by atoms with Gasteiger partial charge >= 0.3 is 0 Å². The van der Waals surface area contributed by atoms with Gasteiger partial charge in [0.05, 0.1) is 35.5 Å². The number of ether oxygens (including phenoxy) is 2. The van der Waals surface area contributed by atoms with Crippen LogP contribution in [0.1, 0.15) is 48.5 Å². The first-order chi connectivity index (χ1) is 14.7. The van der Waals surface area contributed by atoms with Crippen LogP contribution in [0.15, 0.2) is 53.1 Å². The predicted molar refractivity (Wildman–Crippen MR) is 117 cm³/mol. The molecule has 2 aliphatic carbocycles. The van der Waals surface area contributed by atoms with Crippen LogP contribution in [-0.2, 0) is 22.7 Å². The van der Waals surface area contributed by atoms with Gasteiger partial charge in [0.1, 0.15) is 11.5 Å². The van der Waals surface area contributed by atoms with Gasteiger partial charge in [0.15, 0.2) is 0 Å². The third kappa shape index (κ3) is 4.28. The first-order valence-electron chi connectivity index (χ1n) is 10.4. The van der Waals surface area contributed by atoms with Crippen molar-refractivity contribution < 1.29 is 14.0 Å². The molecular weight excluding hydrogens is 421 g/mol. The van der Waals surface area contributed by atoms with Crippen molar-refractivity contribution in [3.8, 4) is 11.3 Å². The second kappa shape index (κ2) is 8.72. The summed E-state index contributed by atoms with van der Waals surface area (Å²) in [6, 6.07) is 15.7. The monoisotopic (exact) mass is 443 g/mol. The van der Waals surface area contributed by atoms with Gasteiger partial charge in [0.25, 0.3) is 0 Å². The van der Waals surface area contributed by atoms with Crippen molar-refractivity contribution in [3.63, 3.8) is 0 Å². The van der Waals surface area contributed by atoms with Crippen molar-refractivity contribution in [2.24, 2.45) is 0 Å². The number of benzene rings is 2. The highest BCUT2D eigenvalue weighted by molar-refractivity contribution is 6.39. The number of hydrogen-bond donors (Lipinski definition) is 0. The fourth-order valence-corrected chi connectivity index (χ4v) is 4.40. The van der Waals surface area contributed by atoms with Crippen LogP contribution in [0.3, 0.4) is 0 Å². The average Bonchev–Trinajstić information content (AvgIpc) is 3.48. The van der Waals surface area contributed by atoms with E-state index in [0.717, 1.165) is 37.0 Å². The quantitative estimate of drug-likeness (QED) is 0.384. The van der Waals surface area contributed by atoms with Gasteiger partial charge in [-0.2, -0.15) is 0 Å². The molecule has 1 aromatic heterocycles. The summed E-state index contributed by atoms with van der Waals surface area (Å²) < 4.78 is 17.9. The molecule has 0 amide bonds. The second-order valence-corrected chi connectivity index (χ2v) is 8.88.